The quantitative estimate of drug-likeness (QED) is 0.0975. The summed E-state index contributed by atoms with van der Waals surface area (Å²) in [7, 11) is 1.68. The van der Waals surface area contributed by atoms with Crippen LogP contribution in [0.5, 0.6) is 0 Å². The van der Waals surface area contributed by atoms with Crippen molar-refractivity contribution in [2.24, 2.45) is 0 Å². The van der Waals surface area contributed by atoms with E-state index in [4.69, 9.17) is 47.3 Å². The first-order valence-electron chi connectivity index (χ1n) is 19.9. The SMILES string of the molecule is COCCOCCOCCN1CCN(C(c2ccccc2)c2ccc(Cl)cc2)CC1.OCCOCCN1CCN(C(c2ccccc2)c2ccc(Cl)cc2)CC1. The highest BCUT2D eigenvalue weighted by atomic mass is 35.5. The highest BCUT2D eigenvalue weighted by Crippen LogP contribution is 2.32. The molecule has 2 fully saturated rings. The molecule has 6 rings (SSSR count). The minimum absolute atomic E-state index is 0.0909. The summed E-state index contributed by atoms with van der Waals surface area (Å²) in [5.74, 6) is 0. The molecule has 56 heavy (non-hydrogen) atoms. The van der Waals surface area contributed by atoms with Crippen LogP contribution in [0.3, 0.4) is 0 Å². The molecule has 11 heteroatoms. The molecule has 0 radical (unpaired) electrons. The normalized spacial score (nSPS) is 16.9. The second-order valence-electron chi connectivity index (χ2n) is 14.0. The Bertz CT molecular complexity index is 1590. The summed E-state index contributed by atoms with van der Waals surface area (Å²) in [6, 6.07) is 38.4. The molecule has 0 amide bonds. The average Bonchev–Trinajstić information content (AvgIpc) is 3.24. The molecule has 2 saturated heterocycles. The Morgan fingerprint density at radius 3 is 1.21 bits per heavy atom. The average molecular weight is 808 g/mol. The summed E-state index contributed by atoms with van der Waals surface area (Å²) < 4.78 is 21.5. The maximum Gasteiger partial charge on any atom is 0.0701 e. The van der Waals surface area contributed by atoms with E-state index in [1.54, 1.807) is 7.11 Å². The zero-order valence-corrected chi connectivity index (χ0v) is 34.4. The molecule has 4 aromatic carbocycles. The van der Waals surface area contributed by atoms with Crippen LogP contribution in [0.15, 0.2) is 109 Å². The monoisotopic (exact) mass is 806 g/mol. The lowest BCUT2D eigenvalue weighted by atomic mass is 9.96. The number of methoxy groups -OCH3 is 1. The van der Waals surface area contributed by atoms with Crippen molar-refractivity contribution in [3.8, 4) is 0 Å². The van der Waals surface area contributed by atoms with Gasteiger partial charge < -0.3 is 24.1 Å². The molecule has 0 aromatic heterocycles. The summed E-state index contributed by atoms with van der Waals surface area (Å²) >= 11 is 12.2. The number of halogens is 2. The Labute approximate surface area is 344 Å². The Morgan fingerprint density at radius 2 is 0.821 bits per heavy atom. The lowest BCUT2D eigenvalue weighted by Crippen LogP contribution is -2.48. The molecular formula is C45H60Cl2N4O5. The van der Waals surface area contributed by atoms with Gasteiger partial charge in [-0.1, -0.05) is 108 Å². The number of rotatable bonds is 20. The Balaban J connectivity index is 0.000000216. The number of aliphatic hydroxyl groups excluding tert-OH is 1. The molecule has 0 aliphatic carbocycles. The van der Waals surface area contributed by atoms with Crippen LogP contribution in [-0.4, -0.2) is 150 Å². The van der Waals surface area contributed by atoms with E-state index in [0.717, 1.165) is 82.1 Å². The molecule has 2 aliphatic heterocycles. The van der Waals surface area contributed by atoms with Gasteiger partial charge in [0, 0.05) is 82.6 Å². The van der Waals surface area contributed by atoms with Crippen molar-refractivity contribution in [2.75, 3.05) is 125 Å². The van der Waals surface area contributed by atoms with Crippen molar-refractivity contribution in [3.63, 3.8) is 0 Å². The van der Waals surface area contributed by atoms with E-state index in [9.17, 15) is 0 Å². The van der Waals surface area contributed by atoms with Crippen LogP contribution in [0.2, 0.25) is 10.0 Å². The van der Waals surface area contributed by atoms with Crippen molar-refractivity contribution < 1.29 is 24.1 Å². The van der Waals surface area contributed by atoms with Gasteiger partial charge in [-0.15, -0.1) is 0 Å². The predicted octanol–water partition coefficient (Wildman–Crippen LogP) is 6.78. The lowest BCUT2D eigenvalue weighted by molar-refractivity contribution is 0.0146. The highest BCUT2D eigenvalue weighted by molar-refractivity contribution is 6.30. The molecule has 2 atom stereocenters. The van der Waals surface area contributed by atoms with E-state index in [1.165, 1.54) is 22.3 Å². The van der Waals surface area contributed by atoms with E-state index in [2.05, 4.69) is 105 Å². The maximum atomic E-state index is 8.78. The molecule has 2 heterocycles. The molecular weight excluding hydrogens is 747 g/mol. The van der Waals surface area contributed by atoms with E-state index in [1.807, 2.05) is 24.3 Å². The van der Waals surface area contributed by atoms with Gasteiger partial charge in [-0.2, -0.15) is 0 Å². The van der Waals surface area contributed by atoms with Gasteiger partial charge in [0.1, 0.15) is 0 Å². The summed E-state index contributed by atoms with van der Waals surface area (Å²) in [4.78, 5) is 10.0. The van der Waals surface area contributed by atoms with Gasteiger partial charge >= 0.3 is 0 Å². The number of aliphatic hydroxyl groups is 1. The summed E-state index contributed by atoms with van der Waals surface area (Å²) in [6.45, 7) is 14.6. The number of ether oxygens (including phenoxy) is 4. The van der Waals surface area contributed by atoms with Crippen LogP contribution in [0, 0.1) is 0 Å². The first-order chi connectivity index (χ1) is 27.6. The molecule has 9 nitrogen and oxygen atoms in total. The van der Waals surface area contributed by atoms with Gasteiger partial charge in [0.25, 0.3) is 0 Å². The van der Waals surface area contributed by atoms with E-state index in [0.29, 0.717) is 39.6 Å². The van der Waals surface area contributed by atoms with Crippen molar-refractivity contribution in [2.45, 2.75) is 12.1 Å². The molecule has 0 saturated carbocycles. The third-order valence-electron chi connectivity index (χ3n) is 10.3. The van der Waals surface area contributed by atoms with Gasteiger partial charge in [-0.3, -0.25) is 19.6 Å². The fourth-order valence-electron chi connectivity index (χ4n) is 7.30. The first kappa shape index (κ1) is 44.2. The minimum atomic E-state index is 0.0909. The van der Waals surface area contributed by atoms with Crippen molar-refractivity contribution in [1.29, 1.82) is 0 Å². The minimum Gasteiger partial charge on any atom is -0.394 e. The molecule has 0 bridgehead atoms. The first-order valence-corrected chi connectivity index (χ1v) is 20.7. The van der Waals surface area contributed by atoms with Crippen molar-refractivity contribution in [3.05, 3.63) is 141 Å². The second-order valence-corrected chi connectivity index (χ2v) is 14.9. The number of benzene rings is 4. The Morgan fingerprint density at radius 1 is 0.464 bits per heavy atom. The fourth-order valence-corrected chi connectivity index (χ4v) is 7.55. The highest BCUT2D eigenvalue weighted by Gasteiger charge is 2.27. The molecule has 0 spiro atoms. The van der Waals surface area contributed by atoms with Gasteiger partial charge in [0.05, 0.1) is 64.9 Å². The zero-order valence-electron chi connectivity index (χ0n) is 32.9. The Hall–Kier alpha value is -2.90. The number of hydrogen-bond acceptors (Lipinski definition) is 9. The summed E-state index contributed by atoms with van der Waals surface area (Å²) in [5, 5.41) is 10.3. The van der Waals surface area contributed by atoms with Crippen LogP contribution in [0.1, 0.15) is 34.3 Å². The second kappa shape index (κ2) is 25.5. The van der Waals surface area contributed by atoms with Gasteiger partial charge in [-0.25, -0.2) is 0 Å². The van der Waals surface area contributed by atoms with E-state index in [-0.39, 0.29) is 18.7 Å². The third-order valence-corrected chi connectivity index (χ3v) is 10.8. The largest absolute Gasteiger partial charge is 0.394 e. The number of nitrogens with zero attached hydrogens (tertiary/aromatic N) is 4. The van der Waals surface area contributed by atoms with Gasteiger partial charge in [0.15, 0.2) is 0 Å². The topological polar surface area (TPSA) is 70.1 Å². The maximum absolute atomic E-state index is 8.78. The molecule has 1 N–H and O–H groups in total. The van der Waals surface area contributed by atoms with Crippen LogP contribution in [0.4, 0.5) is 0 Å². The van der Waals surface area contributed by atoms with Crippen molar-refractivity contribution >= 4 is 23.2 Å². The summed E-state index contributed by atoms with van der Waals surface area (Å²) in [6.07, 6.45) is 0. The predicted molar refractivity (Wildman–Crippen MR) is 227 cm³/mol. The lowest BCUT2D eigenvalue weighted by Gasteiger charge is -2.39. The number of piperazine rings is 2. The molecule has 4 aromatic rings. The van der Waals surface area contributed by atoms with Crippen LogP contribution < -0.4 is 0 Å². The third kappa shape index (κ3) is 14.8. The van der Waals surface area contributed by atoms with Gasteiger partial charge in [0.2, 0.25) is 0 Å². The van der Waals surface area contributed by atoms with Crippen LogP contribution in [0.25, 0.3) is 0 Å². The van der Waals surface area contributed by atoms with Gasteiger partial charge in [-0.05, 0) is 46.5 Å². The summed E-state index contributed by atoms with van der Waals surface area (Å²) in [5.41, 5.74) is 5.20. The number of hydrogen-bond donors (Lipinski definition) is 1. The standard InChI is InChI=1S/C24H33ClN2O3.C21H27ClN2O2/c1-28-17-18-30-20-19-29-16-15-26-11-13-27(14-12-26)24(21-5-3-2-4-6-21)22-7-9-23(25)10-8-22;22-20-8-6-19(7-9-20)21(18-4-2-1-3-5-18)24-12-10-23(11-13-24)14-16-26-17-15-25/h2-10,24H,11-20H2,1H3;1-9,21,25H,10-17H2. The smallest absolute Gasteiger partial charge is 0.0701 e. The fraction of sp³-hybridized carbons (Fsp3) is 0.467. The van der Waals surface area contributed by atoms with Crippen molar-refractivity contribution in [1.82, 2.24) is 19.6 Å². The molecule has 304 valence electrons. The Kier molecular flexibility index (Phi) is 20.1. The molecule has 2 unspecified atom stereocenters. The molecule has 2 aliphatic rings. The van der Waals surface area contributed by atoms with Crippen LogP contribution >= 0.6 is 23.2 Å². The zero-order chi connectivity index (χ0) is 39.2. The van der Waals surface area contributed by atoms with E-state index < -0.39 is 0 Å². The van der Waals surface area contributed by atoms with Crippen LogP contribution in [-0.2, 0) is 18.9 Å². The van der Waals surface area contributed by atoms with E-state index >= 15 is 0 Å².